The van der Waals surface area contributed by atoms with Crippen LogP contribution in [0.1, 0.15) is 26.2 Å². The Labute approximate surface area is 113 Å². The van der Waals surface area contributed by atoms with Crippen LogP contribution in [0.15, 0.2) is 12.3 Å². The highest BCUT2D eigenvalue weighted by atomic mass is 19.1. The second-order valence-corrected chi connectivity index (χ2v) is 5.12. The SMILES string of the molecule is CCCNCC1CCCN(c2ncc(F)cc2F)C1. The minimum atomic E-state index is -0.626. The Bertz CT molecular complexity index is 412. The first-order valence-electron chi connectivity index (χ1n) is 6.97. The summed E-state index contributed by atoms with van der Waals surface area (Å²) in [5.74, 6) is -0.408. The standard InChI is InChI=1S/C14H21F2N3/c1-2-5-17-8-11-4-3-6-19(10-11)14-13(16)7-12(15)9-18-14/h7,9,11,17H,2-6,8,10H2,1H3. The molecule has 1 atom stereocenters. The number of rotatable bonds is 5. The van der Waals surface area contributed by atoms with E-state index in [1.54, 1.807) is 0 Å². The zero-order chi connectivity index (χ0) is 13.7. The average Bonchev–Trinajstić information content (AvgIpc) is 2.39. The summed E-state index contributed by atoms with van der Waals surface area (Å²) in [4.78, 5) is 5.82. The predicted molar refractivity (Wildman–Crippen MR) is 72.3 cm³/mol. The predicted octanol–water partition coefficient (Wildman–Crippen LogP) is 2.58. The third-order valence-electron chi connectivity index (χ3n) is 3.47. The molecule has 0 aliphatic carbocycles. The Kier molecular flexibility index (Phi) is 5.07. The van der Waals surface area contributed by atoms with Gasteiger partial charge in [-0.1, -0.05) is 6.92 Å². The molecule has 0 radical (unpaired) electrons. The summed E-state index contributed by atoms with van der Waals surface area (Å²) in [6.07, 6.45) is 4.37. The molecule has 1 fully saturated rings. The van der Waals surface area contributed by atoms with Crippen molar-refractivity contribution in [1.82, 2.24) is 10.3 Å². The molecular formula is C14H21F2N3. The zero-order valence-corrected chi connectivity index (χ0v) is 11.3. The molecule has 2 rings (SSSR count). The van der Waals surface area contributed by atoms with Crippen molar-refractivity contribution in [1.29, 1.82) is 0 Å². The van der Waals surface area contributed by atoms with Gasteiger partial charge in [-0.25, -0.2) is 13.8 Å². The van der Waals surface area contributed by atoms with Gasteiger partial charge in [-0.3, -0.25) is 0 Å². The zero-order valence-electron chi connectivity index (χ0n) is 11.3. The highest BCUT2D eigenvalue weighted by Gasteiger charge is 2.22. The third-order valence-corrected chi connectivity index (χ3v) is 3.47. The Balaban J connectivity index is 1.96. The van der Waals surface area contributed by atoms with Crippen molar-refractivity contribution in [2.24, 2.45) is 5.92 Å². The summed E-state index contributed by atoms with van der Waals surface area (Å²) in [6.45, 7) is 5.68. The number of halogens is 2. The number of nitrogens with zero attached hydrogens (tertiary/aromatic N) is 2. The molecule has 1 N–H and O–H groups in total. The van der Waals surface area contributed by atoms with Gasteiger partial charge < -0.3 is 10.2 Å². The van der Waals surface area contributed by atoms with Crippen LogP contribution in [0, 0.1) is 17.6 Å². The Morgan fingerprint density at radius 1 is 1.47 bits per heavy atom. The summed E-state index contributed by atoms with van der Waals surface area (Å²) in [5, 5.41) is 3.40. The topological polar surface area (TPSA) is 28.2 Å². The number of hydrogen-bond donors (Lipinski definition) is 1. The molecule has 1 aromatic rings. The Morgan fingerprint density at radius 2 is 2.32 bits per heavy atom. The van der Waals surface area contributed by atoms with Gasteiger partial charge >= 0.3 is 0 Å². The molecule has 0 spiro atoms. The Morgan fingerprint density at radius 3 is 3.05 bits per heavy atom. The van der Waals surface area contributed by atoms with Gasteiger partial charge in [0.1, 0.15) is 5.82 Å². The molecule has 1 aromatic heterocycles. The van der Waals surface area contributed by atoms with Crippen molar-refractivity contribution in [2.45, 2.75) is 26.2 Å². The van der Waals surface area contributed by atoms with Crippen LogP contribution >= 0.6 is 0 Å². The third kappa shape index (κ3) is 3.86. The van der Waals surface area contributed by atoms with Crippen LogP contribution in [0.4, 0.5) is 14.6 Å². The average molecular weight is 269 g/mol. The largest absolute Gasteiger partial charge is 0.354 e. The van der Waals surface area contributed by atoms with Crippen molar-refractivity contribution >= 4 is 5.82 Å². The molecule has 0 bridgehead atoms. The molecule has 106 valence electrons. The molecule has 2 heterocycles. The maximum atomic E-state index is 13.7. The van der Waals surface area contributed by atoms with Crippen molar-refractivity contribution in [3.8, 4) is 0 Å². The summed E-state index contributed by atoms with van der Waals surface area (Å²) in [5.41, 5.74) is 0. The van der Waals surface area contributed by atoms with Gasteiger partial charge in [-0.15, -0.1) is 0 Å². The fraction of sp³-hybridized carbons (Fsp3) is 0.643. The smallest absolute Gasteiger partial charge is 0.168 e. The van der Waals surface area contributed by atoms with E-state index in [0.717, 1.165) is 57.7 Å². The molecule has 19 heavy (non-hydrogen) atoms. The van der Waals surface area contributed by atoms with Crippen LogP contribution in [-0.2, 0) is 0 Å². The van der Waals surface area contributed by atoms with E-state index >= 15 is 0 Å². The highest BCUT2D eigenvalue weighted by molar-refractivity contribution is 5.40. The van der Waals surface area contributed by atoms with E-state index in [9.17, 15) is 8.78 Å². The first-order chi connectivity index (χ1) is 9.20. The first-order valence-corrected chi connectivity index (χ1v) is 6.97. The van der Waals surface area contributed by atoms with E-state index in [1.807, 2.05) is 4.90 Å². The second-order valence-electron chi connectivity index (χ2n) is 5.12. The van der Waals surface area contributed by atoms with Crippen molar-refractivity contribution in [3.63, 3.8) is 0 Å². The number of nitrogens with one attached hydrogen (secondary N) is 1. The van der Waals surface area contributed by atoms with Crippen LogP contribution in [0.2, 0.25) is 0 Å². The van der Waals surface area contributed by atoms with E-state index < -0.39 is 11.6 Å². The lowest BCUT2D eigenvalue weighted by Crippen LogP contribution is -2.40. The van der Waals surface area contributed by atoms with E-state index in [-0.39, 0.29) is 5.82 Å². The van der Waals surface area contributed by atoms with Gasteiger partial charge in [0.15, 0.2) is 11.6 Å². The van der Waals surface area contributed by atoms with Gasteiger partial charge in [0.2, 0.25) is 0 Å². The minimum absolute atomic E-state index is 0.279. The van der Waals surface area contributed by atoms with Crippen LogP contribution < -0.4 is 10.2 Å². The summed E-state index contributed by atoms with van der Waals surface area (Å²) in [7, 11) is 0. The van der Waals surface area contributed by atoms with Crippen molar-refractivity contribution < 1.29 is 8.78 Å². The lowest BCUT2D eigenvalue weighted by molar-refractivity contribution is 0.388. The molecule has 0 aromatic carbocycles. The van der Waals surface area contributed by atoms with E-state index in [4.69, 9.17) is 0 Å². The number of aromatic nitrogens is 1. The summed E-state index contributed by atoms with van der Waals surface area (Å²) in [6, 6.07) is 0.904. The number of hydrogen-bond acceptors (Lipinski definition) is 3. The number of anilines is 1. The molecule has 1 aliphatic heterocycles. The molecule has 1 aliphatic rings. The van der Waals surface area contributed by atoms with Crippen molar-refractivity contribution in [3.05, 3.63) is 23.9 Å². The van der Waals surface area contributed by atoms with Gasteiger partial charge in [-0.05, 0) is 38.3 Å². The molecule has 3 nitrogen and oxygen atoms in total. The van der Waals surface area contributed by atoms with Crippen LogP contribution in [0.25, 0.3) is 0 Å². The molecular weight excluding hydrogens is 248 g/mol. The summed E-state index contributed by atoms with van der Waals surface area (Å²) >= 11 is 0. The normalized spacial score (nSPS) is 19.7. The fourth-order valence-corrected chi connectivity index (χ4v) is 2.55. The minimum Gasteiger partial charge on any atom is -0.354 e. The monoisotopic (exact) mass is 269 g/mol. The number of pyridine rings is 1. The van der Waals surface area contributed by atoms with E-state index in [0.29, 0.717) is 5.92 Å². The molecule has 0 amide bonds. The molecule has 0 saturated carbocycles. The lowest BCUT2D eigenvalue weighted by Gasteiger charge is -2.33. The van der Waals surface area contributed by atoms with E-state index in [2.05, 4.69) is 17.2 Å². The van der Waals surface area contributed by atoms with Crippen LogP contribution in [0.3, 0.4) is 0 Å². The molecule has 5 heteroatoms. The maximum Gasteiger partial charge on any atom is 0.168 e. The fourth-order valence-electron chi connectivity index (χ4n) is 2.55. The number of piperidine rings is 1. The lowest BCUT2D eigenvalue weighted by atomic mass is 9.98. The van der Waals surface area contributed by atoms with Gasteiger partial charge in [0.05, 0.1) is 6.20 Å². The van der Waals surface area contributed by atoms with E-state index in [1.165, 1.54) is 0 Å². The van der Waals surface area contributed by atoms with Gasteiger partial charge in [0.25, 0.3) is 0 Å². The van der Waals surface area contributed by atoms with Crippen molar-refractivity contribution in [2.75, 3.05) is 31.1 Å². The summed E-state index contributed by atoms with van der Waals surface area (Å²) < 4.78 is 26.6. The van der Waals surface area contributed by atoms with Gasteiger partial charge in [-0.2, -0.15) is 0 Å². The van der Waals surface area contributed by atoms with Crippen LogP contribution in [0.5, 0.6) is 0 Å². The molecule has 1 unspecified atom stereocenters. The quantitative estimate of drug-likeness (QED) is 0.833. The maximum absolute atomic E-state index is 13.7. The van der Waals surface area contributed by atoms with Gasteiger partial charge in [0, 0.05) is 19.2 Å². The first kappa shape index (κ1) is 14.2. The second kappa shape index (κ2) is 6.80. The Hall–Kier alpha value is -1.23. The molecule has 1 saturated heterocycles. The highest BCUT2D eigenvalue weighted by Crippen LogP contribution is 2.23. The van der Waals surface area contributed by atoms with Crippen LogP contribution in [-0.4, -0.2) is 31.2 Å².